The van der Waals surface area contributed by atoms with Gasteiger partial charge in [-0.05, 0) is 31.7 Å². The van der Waals surface area contributed by atoms with E-state index in [1.165, 1.54) is 6.07 Å². The van der Waals surface area contributed by atoms with Gasteiger partial charge in [0.15, 0.2) is 11.5 Å². The van der Waals surface area contributed by atoms with Crippen LogP contribution in [-0.2, 0) is 6.42 Å². The second kappa shape index (κ2) is 15.9. The van der Waals surface area contributed by atoms with E-state index in [1.807, 2.05) is 0 Å². The molecule has 0 saturated carbocycles. The summed E-state index contributed by atoms with van der Waals surface area (Å²) in [6.07, 6.45) is 13.3. The van der Waals surface area contributed by atoms with E-state index in [-0.39, 0.29) is 11.3 Å². The van der Waals surface area contributed by atoms with Crippen LogP contribution in [0.2, 0.25) is 0 Å². The highest BCUT2D eigenvalue weighted by atomic mass is 16.5. The predicted molar refractivity (Wildman–Crippen MR) is 122 cm³/mol. The molecule has 0 heterocycles. The molecule has 1 rings (SSSR count). The topological polar surface area (TPSA) is 76.0 Å². The molecule has 2 N–H and O–H groups in total. The Morgan fingerprint density at radius 3 is 1.77 bits per heavy atom. The number of aromatic hydroxyl groups is 1. The second-order valence-electron chi connectivity index (χ2n) is 8.01. The molecule has 172 valence electrons. The minimum absolute atomic E-state index is 0.117. The van der Waals surface area contributed by atoms with Gasteiger partial charge in [-0.25, -0.2) is 4.79 Å². The van der Waals surface area contributed by atoms with Gasteiger partial charge in [-0.2, -0.15) is 0 Å². The van der Waals surface area contributed by atoms with E-state index in [0.717, 1.165) is 77.0 Å². The Morgan fingerprint density at radius 1 is 0.767 bits per heavy atom. The van der Waals surface area contributed by atoms with E-state index in [2.05, 4.69) is 20.8 Å². The summed E-state index contributed by atoms with van der Waals surface area (Å²) in [5.74, 6) is -0.460. The standard InChI is InChI=1S/C25H42O5/c1-4-7-10-13-16-20-21(25(27)28)19-22(26)24(30-18-15-12-9-6-3)23(20)29-17-14-11-8-5-2/h19,26H,4-18H2,1-3H3,(H,27,28). The number of ether oxygens (including phenoxy) is 2. The van der Waals surface area contributed by atoms with Crippen LogP contribution in [0.5, 0.6) is 17.2 Å². The number of carboxylic acid groups (broad SMARTS) is 1. The van der Waals surface area contributed by atoms with Crippen LogP contribution in [-0.4, -0.2) is 29.4 Å². The first-order chi connectivity index (χ1) is 14.6. The van der Waals surface area contributed by atoms with Crippen molar-refractivity contribution in [3.05, 3.63) is 17.2 Å². The lowest BCUT2D eigenvalue weighted by atomic mass is 9.98. The quantitative estimate of drug-likeness (QED) is 0.246. The van der Waals surface area contributed by atoms with E-state index in [9.17, 15) is 15.0 Å². The third-order valence-electron chi connectivity index (χ3n) is 5.32. The molecule has 5 nitrogen and oxygen atoms in total. The molecule has 0 bridgehead atoms. The molecule has 30 heavy (non-hydrogen) atoms. The van der Waals surface area contributed by atoms with E-state index in [4.69, 9.17) is 9.47 Å². The third kappa shape index (κ3) is 9.27. The van der Waals surface area contributed by atoms with Gasteiger partial charge in [0.1, 0.15) is 0 Å². The lowest BCUT2D eigenvalue weighted by Crippen LogP contribution is -2.10. The summed E-state index contributed by atoms with van der Waals surface area (Å²) in [4.78, 5) is 11.9. The largest absolute Gasteiger partial charge is 0.504 e. The Hall–Kier alpha value is -1.91. The molecule has 1 aromatic rings. The summed E-state index contributed by atoms with van der Waals surface area (Å²) in [5.41, 5.74) is 0.765. The molecule has 0 aromatic heterocycles. The zero-order valence-corrected chi connectivity index (χ0v) is 19.3. The van der Waals surface area contributed by atoms with E-state index in [1.54, 1.807) is 0 Å². The number of unbranched alkanes of at least 4 members (excludes halogenated alkanes) is 9. The van der Waals surface area contributed by atoms with Crippen LogP contribution in [0.3, 0.4) is 0 Å². The first-order valence-electron chi connectivity index (χ1n) is 11.9. The summed E-state index contributed by atoms with van der Waals surface area (Å²) in [5, 5.41) is 20.2. The fourth-order valence-electron chi connectivity index (χ4n) is 3.53. The minimum Gasteiger partial charge on any atom is -0.504 e. The maximum absolute atomic E-state index is 11.9. The van der Waals surface area contributed by atoms with Crippen molar-refractivity contribution in [2.24, 2.45) is 0 Å². The first kappa shape index (κ1) is 26.1. The summed E-state index contributed by atoms with van der Waals surface area (Å²) in [7, 11) is 0. The van der Waals surface area contributed by atoms with Crippen molar-refractivity contribution in [3.63, 3.8) is 0 Å². The predicted octanol–water partition coefficient (Wildman–Crippen LogP) is 7.13. The number of carbonyl (C=O) groups is 1. The summed E-state index contributed by atoms with van der Waals surface area (Å²) in [6, 6.07) is 1.32. The molecule has 0 aliphatic heterocycles. The van der Waals surface area contributed by atoms with Gasteiger partial charge in [-0.15, -0.1) is 0 Å². The third-order valence-corrected chi connectivity index (χ3v) is 5.32. The fourth-order valence-corrected chi connectivity index (χ4v) is 3.53. The molecule has 0 radical (unpaired) electrons. The normalized spacial score (nSPS) is 10.9. The lowest BCUT2D eigenvalue weighted by Gasteiger charge is -2.20. The zero-order chi connectivity index (χ0) is 22.2. The Labute approximate surface area is 182 Å². The van der Waals surface area contributed by atoms with Crippen LogP contribution < -0.4 is 9.47 Å². The van der Waals surface area contributed by atoms with Gasteiger partial charge in [0.05, 0.1) is 18.8 Å². The van der Waals surface area contributed by atoms with Crippen molar-refractivity contribution in [2.45, 2.75) is 104 Å². The number of phenols is 1. The highest BCUT2D eigenvalue weighted by molar-refractivity contribution is 5.92. The fraction of sp³-hybridized carbons (Fsp3) is 0.720. The molecule has 0 aliphatic rings. The maximum Gasteiger partial charge on any atom is 0.336 e. The first-order valence-corrected chi connectivity index (χ1v) is 11.9. The van der Waals surface area contributed by atoms with Crippen LogP contribution in [0.25, 0.3) is 0 Å². The second-order valence-corrected chi connectivity index (χ2v) is 8.01. The number of phenolic OH excluding ortho intramolecular Hbond substituents is 1. The van der Waals surface area contributed by atoms with Gasteiger partial charge in [0.2, 0.25) is 5.75 Å². The van der Waals surface area contributed by atoms with Gasteiger partial charge in [0, 0.05) is 5.56 Å². The lowest BCUT2D eigenvalue weighted by molar-refractivity contribution is 0.0694. The molecular weight excluding hydrogens is 380 g/mol. The van der Waals surface area contributed by atoms with E-state index >= 15 is 0 Å². The van der Waals surface area contributed by atoms with Gasteiger partial charge < -0.3 is 19.7 Å². The number of benzene rings is 1. The van der Waals surface area contributed by atoms with E-state index < -0.39 is 5.97 Å². The highest BCUT2D eigenvalue weighted by Crippen LogP contribution is 2.43. The molecule has 0 spiro atoms. The Morgan fingerprint density at radius 2 is 1.27 bits per heavy atom. The van der Waals surface area contributed by atoms with Crippen LogP contribution in [0.4, 0.5) is 0 Å². The van der Waals surface area contributed by atoms with Crippen molar-refractivity contribution in [2.75, 3.05) is 13.2 Å². The van der Waals surface area contributed by atoms with Crippen molar-refractivity contribution in [1.29, 1.82) is 0 Å². The monoisotopic (exact) mass is 422 g/mol. The van der Waals surface area contributed by atoms with Gasteiger partial charge in [0.25, 0.3) is 0 Å². The molecule has 0 atom stereocenters. The van der Waals surface area contributed by atoms with Crippen LogP contribution >= 0.6 is 0 Å². The summed E-state index contributed by atoms with van der Waals surface area (Å²) in [6.45, 7) is 7.46. The molecule has 0 aliphatic carbocycles. The number of aromatic carboxylic acids is 1. The van der Waals surface area contributed by atoms with Gasteiger partial charge in [-0.1, -0.05) is 78.6 Å². The van der Waals surface area contributed by atoms with Crippen LogP contribution in [0.1, 0.15) is 114 Å². The molecular formula is C25H42O5. The van der Waals surface area contributed by atoms with E-state index in [0.29, 0.717) is 36.7 Å². The Kier molecular flexibility index (Phi) is 13.8. The molecule has 5 heteroatoms. The number of hydrogen-bond donors (Lipinski definition) is 2. The Bertz CT molecular complexity index is 612. The van der Waals surface area contributed by atoms with Crippen molar-refractivity contribution in [1.82, 2.24) is 0 Å². The highest BCUT2D eigenvalue weighted by Gasteiger charge is 2.24. The minimum atomic E-state index is -1.04. The van der Waals surface area contributed by atoms with Crippen LogP contribution in [0.15, 0.2) is 6.07 Å². The maximum atomic E-state index is 11.9. The van der Waals surface area contributed by atoms with Gasteiger partial charge >= 0.3 is 5.97 Å². The molecule has 0 amide bonds. The average molecular weight is 423 g/mol. The van der Waals surface area contributed by atoms with Crippen molar-refractivity contribution < 1.29 is 24.5 Å². The number of hydrogen-bond acceptors (Lipinski definition) is 4. The summed E-state index contributed by atoms with van der Waals surface area (Å²) < 4.78 is 12.0. The van der Waals surface area contributed by atoms with Crippen molar-refractivity contribution in [3.8, 4) is 17.2 Å². The Balaban J connectivity index is 3.09. The number of rotatable bonds is 18. The summed E-state index contributed by atoms with van der Waals surface area (Å²) >= 11 is 0. The molecule has 1 aromatic carbocycles. The molecule has 0 saturated heterocycles. The molecule has 0 unspecified atom stereocenters. The van der Waals surface area contributed by atoms with Crippen LogP contribution in [0, 0.1) is 0 Å². The SMILES string of the molecule is CCCCCCOc1c(O)cc(C(=O)O)c(CCCCCC)c1OCCCCCC. The zero-order valence-electron chi connectivity index (χ0n) is 19.3. The number of carboxylic acids is 1. The van der Waals surface area contributed by atoms with Gasteiger partial charge in [-0.3, -0.25) is 0 Å². The smallest absolute Gasteiger partial charge is 0.336 e. The van der Waals surface area contributed by atoms with Crippen molar-refractivity contribution >= 4 is 5.97 Å². The average Bonchev–Trinajstić information content (AvgIpc) is 2.72. The molecule has 0 fully saturated rings.